The van der Waals surface area contributed by atoms with Gasteiger partial charge in [0, 0.05) is 5.56 Å². The molecule has 0 aliphatic heterocycles. The minimum absolute atomic E-state index is 0.155. The lowest BCUT2D eigenvalue weighted by Gasteiger charge is -2.13. The second-order valence-corrected chi connectivity index (χ2v) is 8.83. The first kappa shape index (κ1) is 24.0. The topological polar surface area (TPSA) is 77.2 Å². The smallest absolute Gasteiger partial charge is 0.339 e. The molecule has 0 fully saturated rings. The Labute approximate surface area is 215 Å². The summed E-state index contributed by atoms with van der Waals surface area (Å²) in [5, 5.41) is 13.6. The zero-order valence-electron chi connectivity index (χ0n) is 20.5. The van der Waals surface area contributed by atoms with Gasteiger partial charge >= 0.3 is 5.97 Å². The summed E-state index contributed by atoms with van der Waals surface area (Å²) in [7, 11) is 0. The molecular weight excluding hydrogens is 462 g/mol. The number of carboxylic acids is 1. The number of rotatable bonds is 9. The molecule has 0 aliphatic rings. The summed E-state index contributed by atoms with van der Waals surface area (Å²) in [6.07, 6.45) is 3.36. The largest absolute Gasteiger partial charge is 0.488 e. The fourth-order valence-corrected chi connectivity index (χ4v) is 4.24. The van der Waals surface area contributed by atoms with Gasteiger partial charge < -0.3 is 9.84 Å². The lowest BCUT2D eigenvalue weighted by Crippen LogP contribution is -2.05. The van der Waals surface area contributed by atoms with Crippen LogP contribution in [-0.4, -0.2) is 25.8 Å². The van der Waals surface area contributed by atoms with Gasteiger partial charge in [-0.15, -0.1) is 0 Å². The second-order valence-electron chi connectivity index (χ2n) is 8.83. The third-order valence-electron chi connectivity index (χ3n) is 6.32. The van der Waals surface area contributed by atoms with E-state index in [1.165, 1.54) is 22.0 Å². The molecule has 6 nitrogen and oxygen atoms in total. The zero-order chi connectivity index (χ0) is 25.6. The van der Waals surface area contributed by atoms with Crippen LogP contribution in [-0.2, 0) is 19.4 Å². The van der Waals surface area contributed by atoms with Gasteiger partial charge in [0.25, 0.3) is 0 Å². The highest BCUT2D eigenvalue weighted by molar-refractivity contribution is 5.88. The van der Waals surface area contributed by atoms with E-state index >= 15 is 0 Å². The molecule has 184 valence electrons. The van der Waals surface area contributed by atoms with Crippen molar-refractivity contribution in [1.29, 1.82) is 0 Å². The molecule has 3 aromatic carbocycles. The van der Waals surface area contributed by atoms with Crippen molar-refractivity contribution in [3.63, 3.8) is 0 Å². The molecule has 0 radical (unpaired) electrons. The number of nitrogens with zero attached hydrogens (tertiary/aromatic N) is 3. The summed E-state index contributed by atoms with van der Waals surface area (Å²) >= 11 is 0. The molecular formula is C31H27N3O3. The molecule has 0 unspecified atom stereocenters. The summed E-state index contributed by atoms with van der Waals surface area (Å²) in [6, 6.07) is 32.4. The Morgan fingerprint density at radius 1 is 0.811 bits per heavy atom. The number of ether oxygens (including phenoxy) is 1. The van der Waals surface area contributed by atoms with Gasteiger partial charge in [-0.2, -0.15) is 5.10 Å². The number of hydrogen-bond acceptors (Lipinski definition) is 4. The maximum Gasteiger partial charge on any atom is 0.339 e. The van der Waals surface area contributed by atoms with Crippen LogP contribution in [0, 0.1) is 6.92 Å². The Balaban J connectivity index is 1.29. The van der Waals surface area contributed by atoms with Gasteiger partial charge in [0.15, 0.2) is 5.82 Å². The van der Waals surface area contributed by atoms with E-state index in [9.17, 15) is 9.90 Å². The minimum Gasteiger partial charge on any atom is -0.488 e. The van der Waals surface area contributed by atoms with Crippen LogP contribution in [0.4, 0.5) is 0 Å². The maximum absolute atomic E-state index is 11.4. The van der Waals surface area contributed by atoms with Gasteiger partial charge in [-0.3, -0.25) is 0 Å². The molecule has 0 bridgehead atoms. The Hall–Kier alpha value is -4.71. The summed E-state index contributed by atoms with van der Waals surface area (Å²) < 4.78 is 7.75. The minimum atomic E-state index is -1.01. The number of carboxylic acid groups (broad SMARTS) is 1. The first-order valence-electron chi connectivity index (χ1n) is 12.2. The molecule has 5 aromatic rings. The predicted molar refractivity (Wildman–Crippen MR) is 143 cm³/mol. The lowest BCUT2D eigenvalue weighted by molar-refractivity contribution is 0.0696. The Morgan fingerprint density at radius 2 is 1.49 bits per heavy atom. The van der Waals surface area contributed by atoms with Crippen molar-refractivity contribution in [1.82, 2.24) is 14.8 Å². The summed E-state index contributed by atoms with van der Waals surface area (Å²) in [5.74, 6) is 0.259. The van der Waals surface area contributed by atoms with E-state index in [1.807, 2.05) is 42.5 Å². The maximum atomic E-state index is 11.4. The van der Waals surface area contributed by atoms with Crippen LogP contribution in [0.15, 0.2) is 103 Å². The van der Waals surface area contributed by atoms with Gasteiger partial charge in [-0.05, 0) is 60.7 Å². The zero-order valence-corrected chi connectivity index (χ0v) is 20.5. The molecule has 0 atom stereocenters. The standard InChI is InChI=1S/C31H27N3O3/c1-22-27(31(35)36)20-32-34(22)30-13-7-11-28(33-30)26-10-5-6-12-29(26)37-21-25-18-16-24(17-19-25)15-14-23-8-3-2-4-9-23/h2-13,16-20H,14-15,21H2,1H3,(H,35,36). The molecule has 2 heterocycles. The quantitative estimate of drug-likeness (QED) is 0.263. The van der Waals surface area contributed by atoms with Gasteiger partial charge in [0.05, 0.1) is 17.6 Å². The van der Waals surface area contributed by atoms with Gasteiger partial charge in [0.2, 0.25) is 0 Å². The first-order chi connectivity index (χ1) is 18.1. The molecule has 0 aliphatic carbocycles. The van der Waals surface area contributed by atoms with Crippen LogP contribution in [0.1, 0.15) is 32.7 Å². The monoisotopic (exact) mass is 489 g/mol. The van der Waals surface area contributed by atoms with Crippen LogP contribution in [0.2, 0.25) is 0 Å². The Morgan fingerprint density at radius 3 is 2.22 bits per heavy atom. The van der Waals surface area contributed by atoms with E-state index in [0.29, 0.717) is 18.1 Å². The molecule has 0 saturated carbocycles. The van der Waals surface area contributed by atoms with Crippen molar-refractivity contribution in [3.05, 3.63) is 131 Å². The third kappa shape index (κ3) is 5.59. The third-order valence-corrected chi connectivity index (χ3v) is 6.32. The summed E-state index contributed by atoms with van der Waals surface area (Å²) in [6.45, 7) is 2.16. The molecule has 0 saturated heterocycles. The van der Waals surface area contributed by atoms with E-state index in [1.54, 1.807) is 13.0 Å². The number of benzene rings is 3. The van der Waals surface area contributed by atoms with Crippen LogP contribution in [0.25, 0.3) is 17.1 Å². The average Bonchev–Trinajstić information content (AvgIpc) is 3.33. The molecule has 2 aromatic heterocycles. The van der Waals surface area contributed by atoms with Gasteiger partial charge in [0.1, 0.15) is 17.9 Å². The van der Waals surface area contributed by atoms with E-state index in [0.717, 1.165) is 35.4 Å². The van der Waals surface area contributed by atoms with Gasteiger partial charge in [-0.25, -0.2) is 14.5 Å². The van der Waals surface area contributed by atoms with Gasteiger partial charge in [-0.1, -0.05) is 72.8 Å². The highest BCUT2D eigenvalue weighted by atomic mass is 16.5. The molecule has 6 heteroatoms. The van der Waals surface area contributed by atoms with Crippen molar-refractivity contribution in [2.45, 2.75) is 26.4 Å². The Bertz CT molecular complexity index is 1510. The number of para-hydroxylation sites is 1. The number of hydrogen-bond donors (Lipinski definition) is 1. The number of pyridine rings is 1. The number of aromatic carboxylic acids is 1. The van der Waals surface area contributed by atoms with E-state index in [4.69, 9.17) is 9.72 Å². The highest BCUT2D eigenvalue weighted by Crippen LogP contribution is 2.30. The summed E-state index contributed by atoms with van der Waals surface area (Å²) in [5.41, 5.74) is 5.98. The fraction of sp³-hybridized carbons (Fsp3) is 0.129. The van der Waals surface area contributed by atoms with Crippen molar-refractivity contribution in [3.8, 4) is 22.8 Å². The molecule has 5 rings (SSSR count). The number of aryl methyl sites for hydroxylation is 2. The van der Waals surface area contributed by atoms with E-state index in [2.05, 4.69) is 53.6 Å². The van der Waals surface area contributed by atoms with Crippen LogP contribution in [0.5, 0.6) is 5.75 Å². The van der Waals surface area contributed by atoms with Crippen molar-refractivity contribution in [2.24, 2.45) is 0 Å². The molecule has 1 N–H and O–H groups in total. The predicted octanol–water partition coefficient (Wildman–Crippen LogP) is 6.31. The van der Waals surface area contributed by atoms with Crippen molar-refractivity contribution in [2.75, 3.05) is 0 Å². The van der Waals surface area contributed by atoms with E-state index < -0.39 is 5.97 Å². The SMILES string of the molecule is Cc1c(C(=O)O)cnn1-c1cccc(-c2ccccc2OCc2ccc(CCc3ccccc3)cc2)n1. The van der Waals surface area contributed by atoms with E-state index in [-0.39, 0.29) is 5.56 Å². The van der Waals surface area contributed by atoms with Crippen LogP contribution >= 0.6 is 0 Å². The fourth-order valence-electron chi connectivity index (χ4n) is 4.24. The van der Waals surface area contributed by atoms with Crippen LogP contribution in [0.3, 0.4) is 0 Å². The molecule has 0 spiro atoms. The first-order valence-corrected chi connectivity index (χ1v) is 12.2. The van der Waals surface area contributed by atoms with Crippen LogP contribution < -0.4 is 4.74 Å². The normalized spacial score (nSPS) is 10.8. The number of carbonyl (C=O) groups is 1. The summed E-state index contributed by atoms with van der Waals surface area (Å²) in [4.78, 5) is 16.2. The molecule has 0 amide bonds. The van der Waals surface area contributed by atoms with Crippen molar-refractivity contribution < 1.29 is 14.6 Å². The van der Waals surface area contributed by atoms with Crippen molar-refractivity contribution >= 4 is 5.97 Å². The average molecular weight is 490 g/mol. The molecule has 37 heavy (non-hydrogen) atoms. The Kier molecular flexibility index (Phi) is 7.08. The highest BCUT2D eigenvalue weighted by Gasteiger charge is 2.15. The second kappa shape index (κ2) is 10.9. The lowest BCUT2D eigenvalue weighted by atomic mass is 10.0. The number of aromatic nitrogens is 3.